The second-order valence-electron chi connectivity index (χ2n) is 8.64. The van der Waals surface area contributed by atoms with Crippen molar-refractivity contribution in [2.75, 3.05) is 19.3 Å². The van der Waals surface area contributed by atoms with Crippen molar-refractivity contribution in [3.05, 3.63) is 89.7 Å². The summed E-state index contributed by atoms with van der Waals surface area (Å²) in [6, 6.07) is 10.2. The molecule has 4 rings (SSSR count). The van der Waals surface area contributed by atoms with Gasteiger partial charge in [0.15, 0.2) is 0 Å². The maximum Gasteiger partial charge on any atom is 0.0797 e. The Labute approximate surface area is 196 Å². The highest BCUT2D eigenvalue weighted by Crippen LogP contribution is 2.37. The molecule has 0 bridgehead atoms. The van der Waals surface area contributed by atoms with Crippen molar-refractivity contribution in [2.45, 2.75) is 32.6 Å². The first kappa shape index (κ1) is 24.0. The normalized spacial score (nSPS) is 16.8. The van der Waals surface area contributed by atoms with E-state index in [1.54, 1.807) is 13.3 Å². The molecule has 1 saturated carbocycles. The molecule has 1 aromatic heterocycles. The van der Waals surface area contributed by atoms with Crippen LogP contribution < -0.4 is 11.5 Å². The molecule has 33 heavy (non-hydrogen) atoms. The highest BCUT2D eigenvalue weighted by atomic mass is 15.1. The minimum Gasteiger partial charge on any atom is -0.405 e. The largest absolute Gasteiger partial charge is 0.405 e. The van der Waals surface area contributed by atoms with Crippen molar-refractivity contribution in [1.82, 2.24) is 9.88 Å². The van der Waals surface area contributed by atoms with Crippen LogP contribution in [0.5, 0.6) is 0 Å². The van der Waals surface area contributed by atoms with E-state index in [9.17, 15) is 0 Å². The van der Waals surface area contributed by atoms with Gasteiger partial charge in [-0.3, -0.25) is 15.4 Å². The molecule has 0 unspecified atom stereocenters. The second-order valence-corrected chi connectivity index (χ2v) is 8.64. The fourth-order valence-corrected chi connectivity index (χ4v) is 3.80. The van der Waals surface area contributed by atoms with Gasteiger partial charge in [0, 0.05) is 60.3 Å². The molecular formula is C27H34N6. The summed E-state index contributed by atoms with van der Waals surface area (Å²) in [5.41, 5.74) is 17.9. The van der Waals surface area contributed by atoms with Gasteiger partial charge in [0.05, 0.1) is 11.4 Å². The molecule has 172 valence electrons. The molecule has 2 aromatic rings. The van der Waals surface area contributed by atoms with Gasteiger partial charge in [-0.15, -0.1) is 0 Å². The summed E-state index contributed by atoms with van der Waals surface area (Å²) in [7, 11) is 1.74. The highest BCUT2D eigenvalue weighted by molar-refractivity contribution is 6.14. The number of benzene rings is 1. The third kappa shape index (κ3) is 5.77. The van der Waals surface area contributed by atoms with Crippen molar-refractivity contribution in [2.24, 2.45) is 16.6 Å². The third-order valence-corrected chi connectivity index (χ3v) is 5.66. The number of hydrogen-bond donors (Lipinski definition) is 3. The predicted octanol–water partition coefficient (Wildman–Crippen LogP) is 4.94. The van der Waals surface area contributed by atoms with Gasteiger partial charge in [-0.1, -0.05) is 32.6 Å². The fourth-order valence-electron chi connectivity index (χ4n) is 3.80. The SMILES string of the molecule is C=CN.CN=Cc1cc(/C(=C2\C(=N)C=CN2CC2CC2)c2ccc(C(C)C)nc2)ccc1N. The maximum absolute atomic E-state index is 8.66. The molecule has 6 nitrogen and oxygen atoms in total. The summed E-state index contributed by atoms with van der Waals surface area (Å²) < 4.78 is 0. The zero-order chi connectivity index (χ0) is 24.0. The Balaban J connectivity index is 0.000000968. The van der Waals surface area contributed by atoms with Crippen molar-refractivity contribution in [3.8, 4) is 0 Å². The third-order valence-electron chi connectivity index (χ3n) is 5.66. The van der Waals surface area contributed by atoms with Crippen LogP contribution in [0.25, 0.3) is 5.57 Å². The molecule has 2 aliphatic rings. The first-order valence-electron chi connectivity index (χ1n) is 11.3. The highest BCUT2D eigenvalue weighted by Gasteiger charge is 2.30. The Morgan fingerprint density at radius 1 is 1.27 bits per heavy atom. The van der Waals surface area contributed by atoms with Gasteiger partial charge in [0.2, 0.25) is 0 Å². The molecule has 0 radical (unpaired) electrons. The number of nitrogens with two attached hydrogens (primary N) is 2. The Hall–Kier alpha value is -3.67. The molecule has 1 aliphatic carbocycles. The van der Waals surface area contributed by atoms with E-state index < -0.39 is 0 Å². The zero-order valence-electron chi connectivity index (χ0n) is 19.8. The molecule has 0 spiro atoms. The Bertz CT molecular complexity index is 1090. The van der Waals surface area contributed by atoms with Crippen LogP contribution in [0, 0.1) is 11.3 Å². The molecule has 1 aliphatic heterocycles. The van der Waals surface area contributed by atoms with Crippen LogP contribution in [0.15, 0.2) is 72.3 Å². The summed E-state index contributed by atoms with van der Waals surface area (Å²) in [5, 5.41) is 8.66. The molecule has 0 amide bonds. The van der Waals surface area contributed by atoms with E-state index in [4.69, 9.17) is 16.1 Å². The molecule has 1 fully saturated rings. The molecule has 5 N–H and O–H groups in total. The Morgan fingerprint density at radius 3 is 2.55 bits per heavy atom. The number of anilines is 1. The number of nitrogen functional groups attached to an aromatic ring is 1. The quantitative estimate of drug-likeness (QED) is 0.435. The lowest BCUT2D eigenvalue weighted by atomic mass is 9.93. The average molecular weight is 443 g/mol. The van der Waals surface area contributed by atoms with Crippen LogP contribution in [-0.4, -0.2) is 35.4 Å². The smallest absolute Gasteiger partial charge is 0.0797 e. The number of nitrogens with zero attached hydrogens (tertiary/aromatic N) is 3. The molecule has 1 aromatic carbocycles. The van der Waals surface area contributed by atoms with Gasteiger partial charge in [-0.2, -0.15) is 0 Å². The minimum atomic E-state index is 0.372. The molecule has 2 heterocycles. The van der Waals surface area contributed by atoms with Gasteiger partial charge in [0.1, 0.15) is 0 Å². The van der Waals surface area contributed by atoms with E-state index in [-0.39, 0.29) is 0 Å². The summed E-state index contributed by atoms with van der Waals surface area (Å²) >= 11 is 0. The first-order chi connectivity index (χ1) is 15.9. The minimum absolute atomic E-state index is 0.372. The van der Waals surface area contributed by atoms with E-state index in [1.807, 2.05) is 30.6 Å². The summed E-state index contributed by atoms with van der Waals surface area (Å²) in [6.07, 6.45) is 11.4. The number of rotatable bonds is 6. The number of hydrogen-bond acceptors (Lipinski definition) is 6. The lowest BCUT2D eigenvalue weighted by Crippen LogP contribution is -2.21. The van der Waals surface area contributed by atoms with E-state index in [1.165, 1.54) is 19.0 Å². The number of nitrogens with one attached hydrogen (secondary N) is 1. The standard InChI is InChI=1S/C25H29N5.C2H5N/c1-16(2)23-9-7-19(14-29-23)24(18-6-8-21(26)20(12-18)13-28-3)25-22(27)10-11-30(25)15-17-4-5-17;1-2-3/h6-14,16-17,27H,4-5,15,26H2,1-3H3;2H,1,3H2/b25-24-,27-22?,28-13?;. The summed E-state index contributed by atoms with van der Waals surface area (Å²) in [5.74, 6) is 1.09. The lowest BCUT2D eigenvalue weighted by molar-refractivity contribution is 0.468. The van der Waals surface area contributed by atoms with Gasteiger partial charge in [-0.05, 0) is 60.7 Å². The van der Waals surface area contributed by atoms with Crippen molar-refractivity contribution in [3.63, 3.8) is 0 Å². The average Bonchev–Trinajstić information content (AvgIpc) is 3.55. The van der Waals surface area contributed by atoms with Crippen LogP contribution in [-0.2, 0) is 0 Å². The lowest BCUT2D eigenvalue weighted by Gasteiger charge is -2.23. The van der Waals surface area contributed by atoms with Gasteiger partial charge in [-0.25, -0.2) is 0 Å². The van der Waals surface area contributed by atoms with E-state index in [0.29, 0.717) is 23.2 Å². The van der Waals surface area contributed by atoms with E-state index in [0.717, 1.165) is 40.2 Å². The molecule has 6 heteroatoms. The van der Waals surface area contributed by atoms with Gasteiger partial charge < -0.3 is 16.4 Å². The fraction of sp³-hybridized carbons (Fsp3) is 0.296. The summed E-state index contributed by atoms with van der Waals surface area (Å²) in [6.45, 7) is 8.38. The first-order valence-corrected chi connectivity index (χ1v) is 11.3. The van der Waals surface area contributed by atoms with Crippen LogP contribution in [0.3, 0.4) is 0 Å². The molecular weight excluding hydrogens is 408 g/mol. The van der Waals surface area contributed by atoms with Gasteiger partial charge in [0.25, 0.3) is 0 Å². The van der Waals surface area contributed by atoms with E-state index in [2.05, 4.69) is 54.3 Å². The zero-order valence-corrected chi connectivity index (χ0v) is 19.8. The number of aliphatic imine (C=N–C) groups is 1. The van der Waals surface area contributed by atoms with Crippen LogP contribution >= 0.6 is 0 Å². The topological polar surface area (TPSA) is 104 Å². The van der Waals surface area contributed by atoms with Crippen LogP contribution in [0.1, 0.15) is 55.0 Å². The van der Waals surface area contributed by atoms with Crippen molar-refractivity contribution < 1.29 is 0 Å². The molecule has 0 saturated heterocycles. The Kier molecular flexibility index (Phi) is 7.83. The Morgan fingerprint density at radius 2 is 1.97 bits per heavy atom. The van der Waals surface area contributed by atoms with Crippen LogP contribution in [0.2, 0.25) is 0 Å². The van der Waals surface area contributed by atoms with Gasteiger partial charge >= 0.3 is 0 Å². The monoisotopic (exact) mass is 442 g/mol. The number of aromatic nitrogens is 1. The number of pyridine rings is 1. The van der Waals surface area contributed by atoms with Crippen molar-refractivity contribution >= 4 is 23.2 Å². The number of allylic oxidation sites excluding steroid dienone is 1. The van der Waals surface area contributed by atoms with Crippen LogP contribution in [0.4, 0.5) is 5.69 Å². The van der Waals surface area contributed by atoms with E-state index >= 15 is 0 Å². The second kappa shape index (κ2) is 10.8. The maximum atomic E-state index is 8.66. The summed E-state index contributed by atoms with van der Waals surface area (Å²) in [4.78, 5) is 11.1. The predicted molar refractivity (Wildman–Crippen MR) is 139 cm³/mol. The molecule has 0 atom stereocenters. The van der Waals surface area contributed by atoms with Crippen molar-refractivity contribution in [1.29, 1.82) is 5.41 Å².